The summed E-state index contributed by atoms with van der Waals surface area (Å²) in [6, 6.07) is 8.77. The van der Waals surface area contributed by atoms with E-state index in [1.54, 1.807) is 34.4 Å². The van der Waals surface area contributed by atoms with E-state index >= 15 is 0 Å². The van der Waals surface area contributed by atoms with E-state index in [1.165, 1.54) is 4.88 Å². The van der Waals surface area contributed by atoms with Gasteiger partial charge in [0.05, 0.1) is 11.3 Å². The van der Waals surface area contributed by atoms with E-state index in [-0.39, 0.29) is 46.0 Å². The quantitative estimate of drug-likeness (QED) is 0.346. The molecule has 0 saturated carbocycles. The molecule has 1 aromatic carbocycles. The van der Waals surface area contributed by atoms with Gasteiger partial charge in [-0.3, -0.25) is 10.1 Å². The summed E-state index contributed by atoms with van der Waals surface area (Å²) in [5.74, 6) is -0.241. The molecule has 1 saturated heterocycles. The molecule has 2 aromatic heterocycles. The van der Waals surface area contributed by atoms with Crippen LogP contribution >= 0.6 is 11.3 Å². The summed E-state index contributed by atoms with van der Waals surface area (Å²) in [6.07, 6.45) is 0. The minimum absolute atomic E-state index is 0.0891. The Morgan fingerprint density at radius 3 is 2.57 bits per heavy atom. The molecule has 188 valence electrons. The fourth-order valence-electron chi connectivity index (χ4n) is 4.04. The Morgan fingerprint density at radius 1 is 1.23 bits per heavy atom. The first kappa shape index (κ1) is 24.8. The first-order valence-corrected chi connectivity index (χ1v) is 12.4. The molecule has 1 atom stereocenters. The van der Waals surface area contributed by atoms with Gasteiger partial charge < -0.3 is 30.1 Å². The third-order valence-electron chi connectivity index (χ3n) is 6.12. The van der Waals surface area contributed by atoms with E-state index in [1.807, 2.05) is 26.1 Å². The van der Waals surface area contributed by atoms with Crippen LogP contribution in [0, 0.1) is 17.5 Å². The van der Waals surface area contributed by atoms with Crippen molar-refractivity contribution < 1.29 is 19.4 Å². The van der Waals surface area contributed by atoms with Crippen molar-refractivity contribution in [1.29, 1.82) is 0 Å². The average molecular weight is 501 g/mol. The standard InChI is InChI=1S/C24H32N6O4S/c1-15-9-10-18(35-15)20(24(2,3)4)26-22-21(27-34-30(22)33)25-17-8-6-7-16(19(17)31)23(32)29-13-11-28(5)12-14-29/h6-10,20,26,31H,11-14H2,1-5H3,(H,25,27)/t20-/m0/s1. The third-order valence-corrected chi connectivity index (χ3v) is 7.18. The monoisotopic (exact) mass is 500 g/mol. The molecular formula is C24H32N6O4S. The first-order chi connectivity index (χ1) is 16.5. The molecule has 1 amide bonds. The molecule has 0 aliphatic carbocycles. The molecule has 35 heavy (non-hydrogen) atoms. The summed E-state index contributed by atoms with van der Waals surface area (Å²) in [4.78, 5) is 19.5. The molecule has 3 aromatic rings. The fourth-order valence-corrected chi connectivity index (χ4v) is 5.21. The predicted octanol–water partition coefficient (Wildman–Crippen LogP) is 3.71. The maximum atomic E-state index is 13.0. The van der Waals surface area contributed by atoms with Gasteiger partial charge in [-0.2, -0.15) is 0 Å². The summed E-state index contributed by atoms with van der Waals surface area (Å²) < 4.78 is 4.87. The van der Waals surface area contributed by atoms with Crippen molar-refractivity contribution in [2.24, 2.45) is 5.41 Å². The highest BCUT2D eigenvalue weighted by atomic mass is 32.1. The number of carbonyl (C=O) groups excluding carboxylic acids is 1. The summed E-state index contributed by atoms with van der Waals surface area (Å²) in [5.41, 5.74) is 0.214. The van der Waals surface area contributed by atoms with Gasteiger partial charge in [0, 0.05) is 41.3 Å². The Balaban J connectivity index is 1.59. The first-order valence-electron chi connectivity index (χ1n) is 11.5. The second-order valence-electron chi connectivity index (χ2n) is 9.94. The van der Waals surface area contributed by atoms with Gasteiger partial charge >= 0.3 is 11.6 Å². The molecule has 10 nitrogen and oxygen atoms in total. The maximum absolute atomic E-state index is 13.0. The molecular weight excluding hydrogens is 468 g/mol. The number of phenolic OH excluding ortho intramolecular Hbond substituents is 1. The molecule has 0 spiro atoms. The summed E-state index contributed by atoms with van der Waals surface area (Å²) in [5, 5.41) is 33.5. The van der Waals surface area contributed by atoms with Gasteiger partial charge in [-0.05, 0) is 43.4 Å². The van der Waals surface area contributed by atoms with E-state index < -0.39 is 0 Å². The van der Waals surface area contributed by atoms with Crippen LogP contribution in [0.25, 0.3) is 0 Å². The molecule has 4 rings (SSSR count). The number of amides is 1. The predicted molar refractivity (Wildman–Crippen MR) is 135 cm³/mol. The molecule has 1 aliphatic rings. The highest BCUT2D eigenvalue weighted by Crippen LogP contribution is 2.40. The number of benzene rings is 1. The average Bonchev–Trinajstić information content (AvgIpc) is 3.38. The number of rotatable bonds is 6. The molecule has 3 N–H and O–H groups in total. The number of aromatic nitrogens is 2. The lowest BCUT2D eigenvalue weighted by molar-refractivity contribution is -0.791. The van der Waals surface area contributed by atoms with Crippen molar-refractivity contribution in [1.82, 2.24) is 15.0 Å². The van der Waals surface area contributed by atoms with Crippen LogP contribution in [0.3, 0.4) is 0 Å². The molecule has 11 heteroatoms. The molecule has 3 heterocycles. The smallest absolute Gasteiger partial charge is 0.320 e. The highest BCUT2D eigenvalue weighted by Gasteiger charge is 2.34. The Bertz CT molecular complexity index is 1190. The van der Waals surface area contributed by atoms with Gasteiger partial charge in [0.2, 0.25) is 0 Å². The van der Waals surface area contributed by atoms with Crippen LogP contribution in [0.2, 0.25) is 0 Å². The Hall–Kier alpha value is -3.31. The van der Waals surface area contributed by atoms with Gasteiger partial charge in [0.25, 0.3) is 5.91 Å². The fraction of sp³-hybridized carbons (Fsp3) is 0.458. The zero-order valence-electron chi connectivity index (χ0n) is 20.7. The van der Waals surface area contributed by atoms with E-state index in [4.69, 9.17) is 4.63 Å². The number of para-hydroxylation sites is 1. The van der Waals surface area contributed by atoms with Crippen LogP contribution in [-0.2, 0) is 0 Å². The number of nitrogens with zero attached hydrogens (tertiary/aromatic N) is 4. The second-order valence-corrected chi connectivity index (χ2v) is 11.3. The van der Waals surface area contributed by atoms with Crippen molar-refractivity contribution >= 4 is 34.6 Å². The minimum atomic E-state index is -0.238. The number of piperazine rings is 1. The lowest BCUT2D eigenvalue weighted by Gasteiger charge is -2.32. The van der Waals surface area contributed by atoms with Crippen molar-refractivity contribution in [2.75, 3.05) is 43.9 Å². The number of hydrogen-bond donors (Lipinski definition) is 3. The molecule has 0 bridgehead atoms. The van der Waals surface area contributed by atoms with Crippen molar-refractivity contribution in [3.63, 3.8) is 0 Å². The summed E-state index contributed by atoms with van der Waals surface area (Å²) in [7, 11) is 2.01. The SMILES string of the molecule is Cc1ccc([C@H](Nc2c(Nc3cccc(C(=O)N4CCN(C)CC4)c3O)no[n+]2[O-])C(C)(C)C)s1. The van der Waals surface area contributed by atoms with Gasteiger partial charge in [-0.25, -0.2) is 0 Å². The number of aryl methyl sites for hydroxylation is 1. The Morgan fingerprint density at radius 2 is 1.94 bits per heavy atom. The number of likely N-dealkylation sites (N-methyl/N-ethyl adjacent to an activating group) is 1. The number of phenols is 1. The van der Waals surface area contributed by atoms with Gasteiger partial charge in [0.15, 0.2) is 5.75 Å². The number of carbonyl (C=O) groups is 1. The number of thiophene rings is 1. The van der Waals surface area contributed by atoms with Crippen molar-refractivity contribution in [3.8, 4) is 5.75 Å². The molecule has 0 unspecified atom stereocenters. The van der Waals surface area contributed by atoms with Gasteiger partial charge in [-0.15, -0.1) is 11.3 Å². The van der Waals surface area contributed by atoms with Crippen molar-refractivity contribution in [2.45, 2.75) is 33.7 Å². The molecule has 1 aliphatic heterocycles. The normalized spacial score (nSPS) is 15.7. The zero-order valence-corrected chi connectivity index (χ0v) is 21.5. The van der Waals surface area contributed by atoms with Gasteiger partial charge in [0.1, 0.15) is 6.04 Å². The number of hydrogen-bond acceptors (Lipinski definition) is 9. The molecule has 1 fully saturated rings. The topological polar surface area (TPSA) is 121 Å². The van der Waals surface area contributed by atoms with E-state index in [9.17, 15) is 15.1 Å². The number of anilines is 3. The molecule has 0 radical (unpaired) electrons. The highest BCUT2D eigenvalue weighted by molar-refractivity contribution is 7.12. The van der Waals surface area contributed by atoms with Crippen LogP contribution in [0.5, 0.6) is 5.75 Å². The van der Waals surface area contributed by atoms with Crippen LogP contribution in [0.1, 0.15) is 46.9 Å². The lowest BCUT2D eigenvalue weighted by atomic mass is 9.86. The van der Waals surface area contributed by atoms with Crippen LogP contribution in [-0.4, -0.2) is 59.2 Å². The number of aromatic hydroxyl groups is 1. The number of nitrogens with one attached hydrogen (secondary N) is 2. The largest absolute Gasteiger partial charge is 0.505 e. The maximum Gasteiger partial charge on any atom is 0.320 e. The van der Waals surface area contributed by atoms with E-state index in [2.05, 4.69) is 41.5 Å². The van der Waals surface area contributed by atoms with Crippen LogP contribution in [0.4, 0.5) is 17.3 Å². The summed E-state index contributed by atoms with van der Waals surface area (Å²) in [6.45, 7) is 11.0. The Labute approximate surface area is 208 Å². The van der Waals surface area contributed by atoms with Crippen LogP contribution in [0.15, 0.2) is 35.0 Å². The van der Waals surface area contributed by atoms with E-state index in [0.717, 1.165) is 18.0 Å². The Kier molecular flexibility index (Phi) is 6.91. The van der Waals surface area contributed by atoms with Gasteiger partial charge in [-0.1, -0.05) is 31.7 Å². The minimum Gasteiger partial charge on any atom is -0.505 e. The zero-order chi connectivity index (χ0) is 25.3. The third kappa shape index (κ3) is 5.35. The second kappa shape index (κ2) is 9.74. The summed E-state index contributed by atoms with van der Waals surface area (Å²) >= 11 is 1.65. The van der Waals surface area contributed by atoms with Crippen molar-refractivity contribution in [3.05, 3.63) is 50.9 Å². The van der Waals surface area contributed by atoms with Crippen LogP contribution < -0.4 is 15.5 Å². The lowest BCUT2D eigenvalue weighted by Crippen LogP contribution is -2.47. The van der Waals surface area contributed by atoms with E-state index in [0.29, 0.717) is 18.0 Å².